The third kappa shape index (κ3) is 2.34. The van der Waals surface area contributed by atoms with Gasteiger partial charge in [0, 0.05) is 25.5 Å². The maximum Gasteiger partial charge on any atom is 0.280 e. The molecule has 0 unspecified atom stereocenters. The third-order valence-corrected chi connectivity index (χ3v) is 2.88. The van der Waals surface area contributed by atoms with Crippen LogP contribution in [0.1, 0.15) is 23.3 Å². The molecule has 0 radical (unpaired) electrons. The van der Waals surface area contributed by atoms with E-state index in [2.05, 4.69) is 40.8 Å². The van der Waals surface area contributed by atoms with Crippen LogP contribution in [-0.4, -0.2) is 49.6 Å². The van der Waals surface area contributed by atoms with Crippen molar-refractivity contribution in [2.75, 3.05) is 23.3 Å². The summed E-state index contributed by atoms with van der Waals surface area (Å²) in [7, 11) is 0. The van der Waals surface area contributed by atoms with Crippen LogP contribution in [0.3, 0.4) is 0 Å². The molecule has 2 aromatic rings. The van der Waals surface area contributed by atoms with Gasteiger partial charge >= 0.3 is 0 Å². The fraction of sp³-hybridized carbons (Fsp3) is 0.400. The van der Waals surface area contributed by atoms with Crippen molar-refractivity contribution in [1.29, 1.82) is 0 Å². The van der Waals surface area contributed by atoms with Gasteiger partial charge in [0.1, 0.15) is 0 Å². The van der Waals surface area contributed by atoms with E-state index in [0.29, 0.717) is 5.82 Å². The monoisotopic (exact) mass is 260 g/mol. The molecule has 9 nitrogen and oxygen atoms in total. The van der Waals surface area contributed by atoms with Crippen molar-refractivity contribution >= 4 is 17.7 Å². The van der Waals surface area contributed by atoms with Gasteiger partial charge in [-0.2, -0.15) is 0 Å². The number of hydrogen-bond donors (Lipinski definition) is 2. The van der Waals surface area contributed by atoms with Gasteiger partial charge in [0.15, 0.2) is 11.5 Å². The van der Waals surface area contributed by atoms with Gasteiger partial charge in [-0.25, -0.2) is 15.1 Å². The molecule has 2 aromatic heterocycles. The molecule has 3 heterocycles. The van der Waals surface area contributed by atoms with Crippen molar-refractivity contribution in [3.05, 3.63) is 18.1 Å². The number of nitrogens with one attached hydrogen (secondary N) is 2. The van der Waals surface area contributed by atoms with Crippen molar-refractivity contribution in [2.45, 2.75) is 12.8 Å². The molecule has 0 bridgehead atoms. The Hall–Kier alpha value is -2.58. The molecule has 0 aromatic carbocycles. The van der Waals surface area contributed by atoms with E-state index in [1.807, 2.05) is 0 Å². The van der Waals surface area contributed by atoms with Crippen LogP contribution in [0.25, 0.3) is 0 Å². The van der Waals surface area contributed by atoms with Crippen molar-refractivity contribution in [1.82, 2.24) is 30.6 Å². The summed E-state index contributed by atoms with van der Waals surface area (Å²) in [5.74, 6) is 0.404. The van der Waals surface area contributed by atoms with Crippen LogP contribution in [-0.2, 0) is 0 Å². The Morgan fingerprint density at radius 2 is 2.05 bits per heavy atom. The fourth-order valence-corrected chi connectivity index (χ4v) is 2.03. The van der Waals surface area contributed by atoms with Crippen molar-refractivity contribution in [3.63, 3.8) is 0 Å². The van der Waals surface area contributed by atoms with Gasteiger partial charge in [-0.05, 0) is 23.3 Å². The number of rotatable bonds is 3. The van der Waals surface area contributed by atoms with Crippen LogP contribution in [0.15, 0.2) is 12.4 Å². The molecule has 2 N–H and O–H groups in total. The summed E-state index contributed by atoms with van der Waals surface area (Å²) in [5, 5.41) is 15.4. The second-order valence-electron chi connectivity index (χ2n) is 4.13. The van der Waals surface area contributed by atoms with Crippen LogP contribution in [0, 0.1) is 0 Å². The number of H-pyrrole nitrogens is 1. The van der Waals surface area contributed by atoms with Gasteiger partial charge in [0.25, 0.3) is 5.91 Å². The molecule has 3 rings (SSSR count). The third-order valence-electron chi connectivity index (χ3n) is 2.88. The highest BCUT2D eigenvalue weighted by atomic mass is 16.2. The minimum Gasteiger partial charge on any atom is -0.355 e. The van der Waals surface area contributed by atoms with Crippen LogP contribution in [0.5, 0.6) is 0 Å². The van der Waals surface area contributed by atoms with E-state index in [0.717, 1.165) is 25.9 Å². The molecule has 0 aliphatic carbocycles. The topological polar surface area (TPSA) is 113 Å². The number of hydrogen-bond acceptors (Lipinski definition) is 7. The molecule has 0 saturated carbocycles. The average Bonchev–Trinajstić information content (AvgIpc) is 3.11. The first kappa shape index (κ1) is 11.5. The summed E-state index contributed by atoms with van der Waals surface area (Å²) in [4.78, 5) is 22.5. The minimum absolute atomic E-state index is 0.183. The highest BCUT2D eigenvalue weighted by molar-refractivity contribution is 6.05. The molecule has 1 aliphatic heterocycles. The van der Waals surface area contributed by atoms with E-state index in [-0.39, 0.29) is 17.5 Å². The number of carbonyl (C=O) groups excluding carboxylic acids is 1. The van der Waals surface area contributed by atoms with Gasteiger partial charge in [-0.15, -0.1) is 0 Å². The van der Waals surface area contributed by atoms with Gasteiger partial charge in [-0.3, -0.25) is 10.1 Å². The zero-order valence-corrected chi connectivity index (χ0v) is 10.1. The van der Waals surface area contributed by atoms with Crippen LogP contribution in [0.2, 0.25) is 0 Å². The first-order chi connectivity index (χ1) is 9.34. The van der Waals surface area contributed by atoms with Crippen molar-refractivity contribution < 1.29 is 4.79 Å². The van der Waals surface area contributed by atoms with E-state index in [1.165, 1.54) is 6.20 Å². The largest absolute Gasteiger partial charge is 0.355 e. The van der Waals surface area contributed by atoms with Crippen molar-refractivity contribution in [2.24, 2.45) is 0 Å². The summed E-state index contributed by atoms with van der Waals surface area (Å²) in [5.41, 5.74) is 0.279. The smallest absolute Gasteiger partial charge is 0.280 e. The molecule has 1 aliphatic rings. The molecule has 1 fully saturated rings. The first-order valence-corrected chi connectivity index (χ1v) is 5.95. The summed E-state index contributed by atoms with van der Waals surface area (Å²) < 4.78 is 0. The fourth-order valence-electron chi connectivity index (χ4n) is 2.03. The van der Waals surface area contributed by atoms with Crippen LogP contribution in [0.4, 0.5) is 11.8 Å². The summed E-state index contributed by atoms with van der Waals surface area (Å²) >= 11 is 0. The van der Waals surface area contributed by atoms with Crippen LogP contribution >= 0.6 is 0 Å². The van der Waals surface area contributed by atoms with E-state index in [9.17, 15) is 4.79 Å². The molecule has 9 heteroatoms. The number of carbonyl (C=O) groups is 1. The Kier molecular flexibility index (Phi) is 3.01. The van der Waals surface area contributed by atoms with E-state index < -0.39 is 0 Å². The molecular weight excluding hydrogens is 248 g/mol. The molecule has 19 heavy (non-hydrogen) atoms. The SMILES string of the molecule is O=C(Nc1nnn[nH]1)c1nccnc1N1CCCC1. The summed E-state index contributed by atoms with van der Waals surface area (Å²) in [6, 6.07) is 0. The van der Waals surface area contributed by atoms with Gasteiger partial charge in [0.2, 0.25) is 5.95 Å². The molecule has 0 atom stereocenters. The lowest BCUT2D eigenvalue weighted by molar-refractivity contribution is 0.102. The standard InChI is InChI=1S/C10H12N8O/c19-9(13-10-14-16-17-15-10)7-8(12-4-3-11-7)18-5-1-2-6-18/h3-4H,1-2,5-6H2,(H2,13,14,15,16,17,19). The molecule has 1 amide bonds. The average molecular weight is 260 g/mol. The number of amides is 1. The van der Waals surface area contributed by atoms with Gasteiger partial charge < -0.3 is 4.90 Å². The predicted octanol–water partition coefficient (Wildman–Crippen LogP) is -0.158. The predicted molar refractivity (Wildman–Crippen MR) is 65.6 cm³/mol. The zero-order valence-electron chi connectivity index (χ0n) is 10.1. The number of tetrazole rings is 1. The quantitative estimate of drug-likeness (QED) is 0.788. The lowest BCUT2D eigenvalue weighted by Gasteiger charge is -2.18. The lowest BCUT2D eigenvalue weighted by atomic mass is 10.3. The van der Waals surface area contributed by atoms with Crippen LogP contribution < -0.4 is 10.2 Å². The Bertz CT molecular complexity index is 563. The summed E-state index contributed by atoms with van der Waals surface area (Å²) in [6.07, 6.45) is 5.28. The number of aromatic nitrogens is 6. The maximum absolute atomic E-state index is 12.1. The minimum atomic E-state index is -0.381. The second kappa shape index (κ2) is 4.96. The molecule has 0 spiro atoms. The van der Waals surface area contributed by atoms with Gasteiger partial charge in [0.05, 0.1) is 0 Å². The molecular formula is C10H12N8O. The Morgan fingerprint density at radius 1 is 1.26 bits per heavy atom. The van der Waals surface area contributed by atoms with E-state index >= 15 is 0 Å². The zero-order chi connectivity index (χ0) is 13.1. The Morgan fingerprint density at radius 3 is 2.79 bits per heavy atom. The van der Waals surface area contributed by atoms with Gasteiger partial charge in [-0.1, -0.05) is 5.10 Å². The second-order valence-corrected chi connectivity index (χ2v) is 4.13. The number of anilines is 2. The van der Waals surface area contributed by atoms with E-state index in [4.69, 9.17) is 0 Å². The first-order valence-electron chi connectivity index (χ1n) is 5.95. The number of aromatic amines is 1. The Labute approximate surface area is 108 Å². The highest BCUT2D eigenvalue weighted by Crippen LogP contribution is 2.20. The highest BCUT2D eigenvalue weighted by Gasteiger charge is 2.22. The Balaban J connectivity index is 1.85. The van der Waals surface area contributed by atoms with Crippen molar-refractivity contribution in [3.8, 4) is 0 Å². The normalized spacial score (nSPS) is 14.6. The lowest BCUT2D eigenvalue weighted by Crippen LogP contribution is -2.25. The molecule has 98 valence electrons. The molecule has 1 saturated heterocycles. The summed E-state index contributed by atoms with van der Waals surface area (Å²) in [6.45, 7) is 1.78. The number of nitrogens with zero attached hydrogens (tertiary/aromatic N) is 6. The van der Waals surface area contributed by atoms with E-state index in [1.54, 1.807) is 6.20 Å². The maximum atomic E-state index is 12.1.